The van der Waals surface area contributed by atoms with Crippen LogP contribution >= 0.6 is 0 Å². The average molecular weight is 279 g/mol. The molecule has 5 heteroatoms. The SMILES string of the molecule is COC(=O)c1ccc(OCC2CCCCN2)c(OC)c1. The average Bonchev–Trinajstić information content (AvgIpc) is 2.53. The van der Waals surface area contributed by atoms with Crippen molar-refractivity contribution in [3.05, 3.63) is 23.8 Å². The number of hydrogen-bond acceptors (Lipinski definition) is 5. The molecule has 5 nitrogen and oxygen atoms in total. The van der Waals surface area contributed by atoms with Crippen molar-refractivity contribution >= 4 is 5.97 Å². The maximum Gasteiger partial charge on any atom is 0.337 e. The number of hydrogen-bond donors (Lipinski definition) is 1. The lowest BCUT2D eigenvalue weighted by atomic mass is 10.1. The molecule has 1 aliphatic heterocycles. The van der Waals surface area contributed by atoms with E-state index in [-0.39, 0.29) is 5.97 Å². The zero-order valence-corrected chi connectivity index (χ0v) is 12.0. The van der Waals surface area contributed by atoms with Crippen LogP contribution in [-0.2, 0) is 4.74 Å². The van der Waals surface area contributed by atoms with Gasteiger partial charge in [0.15, 0.2) is 11.5 Å². The van der Waals surface area contributed by atoms with Gasteiger partial charge < -0.3 is 19.5 Å². The van der Waals surface area contributed by atoms with E-state index < -0.39 is 0 Å². The Balaban J connectivity index is 2.01. The Bertz CT molecular complexity index is 455. The van der Waals surface area contributed by atoms with Crippen LogP contribution in [0.1, 0.15) is 29.6 Å². The maximum atomic E-state index is 11.5. The van der Waals surface area contributed by atoms with E-state index in [0.29, 0.717) is 29.7 Å². The minimum Gasteiger partial charge on any atom is -0.493 e. The van der Waals surface area contributed by atoms with Gasteiger partial charge in [0.2, 0.25) is 0 Å². The highest BCUT2D eigenvalue weighted by Crippen LogP contribution is 2.28. The van der Waals surface area contributed by atoms with Gasteiger partial charge in [-0.15, -0.1) is 0 Å². The van der Waals surface area contributed by atoms with Crippen molar-refractivity contribution in [2.75, 3.05) is 27.4 Å². The van der Waals surface area contributed by atoms with E-state index in [0.717, 1.165) is 13.0 Å². The Kier molecular flexibility index (Phi) is 5.24. The summed E-state index contributed by atoms with van der Waals surface area (Å²) in [5, 5.41) is 3.43. The van der Waals surface area contributed by atoms with Crippen LogP contribution in [0.15, 0.2) is 18.2 Å². The first-order chi connectivity index (χ1) is 9.74. The van der Waals surface area contributed by atoms with Crippen molar-refractivity contribution in [2.24, 2.45) is 0 Å². The Hall–Kier alpha value is -1.75. The second-order valence-electron chi connectivity index (χ2n) is 4.82. The summed E-state index contributed by atoms with van der Waals surface area (Å²) in [6.45, 7) is 1.65. The monoisotopic (exact) mass is 279 g/mol. The van der Waals surface area contributed by atoms with Crippen molar-refractivity contribution in [1.29, 1.82) is 0 Å². The van der Waals surface area contributed by atoms with Crippen LogP contribution in [-0.4, -0.2) is 39.4 Å². The highest BCUT2D eigenvalue weighted by atomic mass is 16.5. The Labute approximate surface area is 119 Å². The molecule has 1 aromatic rings. The molecule has 1 heterocycles. The molecule has 0 radical (unpaired) electrons. The summed E-state index contributed by atoms with van der Waals surface area (Å²) in [6, 6.07) is 5.44. The van der Waals surface area contributed by atoms with Gasteiger partial charge in [-0.25, -0.2) is 4.79 Å². The number of carbonyl (C=O) groups is 1. The maximum absolute atomic E-state index is 11.5. The van der Waals surface area contributed by atoms with Crippen LogP contribution in [0.5, 0.6) is 11.5 Å². The molecule has 1 atom stereocenters. The van der Waals surface area contributed by atoms with Crippen LogP contribution in [0.4, 0.5) is 0 Å². The second kappa shape index (κ2) is 7.14. The molecule has 20 heavy (non-hydrogen) atoms. The Morgan fingerprint density at radius 1 is 1.30 bits per heavy atom. The van der Waals surface area contributed by atoms with E-state index in [2.05, 4.69) is 10.1 Å². The predicted octanol–water partition coefficient (Wildman–Crippen LogP) is 2.00. The fraction of sp³-hybridized carbons (Fsp3) is 0.533. The third kappa shape index (κ3) is 3.63. The molecular formula is C15H21NO4. The number of nitrogens with one attached hydrogen (secondary N) is 1. The van der Waals surface area contributed by atoms with Gasteiger partial charge in [-0.05, 0) is 37.6 Å². The predicted molar refractivity (Wildman–Crippen MR) is 75.5 cm³/mol. The van der Waals surface area contributed by atoms with Gasteiger partial charge in [-0.1, -0.05) is 6.42 Å². The van der Waals surface area contributed by atoms with E-state index in [1.54, 1.807) is 25.3 Å². The number of methoxy groups -OCH3 is 2. The molecule has 0 saturated carbocycles. The van der Waals surface area contributed by atoms with Gasteiger partial charge in [-0.2, -0.15) is 0 Å². The molecule has 1 fully saturated rings. The summed E-state index contributed by atoms with van der Waals surface area (Å²) in [5.74, 6) is 0.806. The van der Waals surface area contributed by atoms with Gasteiger partial charge in [0.1, 0.15) is 6.61 Å². The van der Waals surface area contributed by atoms with Crippen LogP contribution in [0.25, 0.3) is 0 Å². The molecule has 0 amide bonds. The summed E-state index contributed by atoms with van der Waals surface area (Å²) in [6.07, 6.45) is 3.59. The van der Waals surface area contributed by atoms with E-state index in [9.17, 15) is 4.79 Å². The lowest BCUT2D eigenvalue weighted by molar-refractivity contribution is 0.0600. The van der Waals surface area contributed by atoms with E-state index in [4.69, 9.17) is 9.47 Å². The van der Waals surface area contributed by atoms with Crippen LogP contribution < -0.4 is 14.8 Å². The first-order valence-electron chi connectivity index (χ1n) is 6.87. The zero-order valence-electron chi connectivity index (χ0n) is 12.0. The molecule has 1 aliphatic rings. The summed E-state index contributed by atoms with van der Waals surface area (Å²) in [4.78, 5) is 11.5. The summed E-state index contributed by atoms with van der Waals surface area (Å²) in [7, 11) is 2.91. The third-order valence-corrected chi connectivity index (χ3v) is 3.44. The fourth-order valence-corrected chi connectivity index (χ4v) is 2.29. The molecule has 0 spiro atoms. The van der Waals surface area contributed by atoms with Crippen molar-refractivity contribution in [3.8, 4) is 11.5 Å². The normalized spacial score (nSPS) is 18.4. The summed E-state index contributed by atoms with van der Waals surface area (Å²) < 4.78 is 15.7. The topological polar surface area (TPSA) is 56.8 Å². The molecule has 0 aromatic heterocycles. The van der Waals surface area contributed by atoms with E-state index in [1.165, 1.54) is 20.0 Å². The number of esters is 1. The summed E-state index contributed by atoms with van der Waals surface area (Å²) >= 11 is 0. The lowest BCUT2D eigenvalue weighted by Crippen LogP contribution is -2.38. The number of benzene rings is 1. The summed E-state index contributed by atoms with van der Waals surface area (Å²) in [5.41, 5.74) is 0.451. The molecular weight excluding hydrogens is 258 g/mol. The first-order valence-corrected chi connectivity index (χ1v) is 6.87. The van der Waals surface area contributed by atoms with Crippen LogP contribution in [0, 0.1) is 0 Å². The van der Waals surface area contributed by atoms with Crippen molar-refractivity contribution in [1.82, 2.24) is 5.32 Å². The molecule has 1 saturated heterocycles. The third-order valence-electron chi connectivity index (χ3n) is 3.44. The largest absolute Gasteiger partial charge is 0.493 e. The lowest BCUT2D eigenvalue weighted by Gasteiger charge is -2.23. The quantitative estimate of drug-likeness (QED) is 0.835. The molecule has 1 aromatic carbocycles. The van der Waals surface area contributed by atoms with Gasteiger partial charge in [-0.3, -0.25) is 0 Å². The minimum atomic E-state index is -0.385. The van der Waals surface area contributed by atoms with Crippen molar-refractivity contribution in [3.63, 3.8) is 0 Å². The van der Waals surface area contributed by atoms with E-state index >= 15 is 0 Å². The van der Waals surface area contributed by atoms with Crippen molar-refractivity contribution < 1.29 is 19.0 Å². The van der Waals surface area contributed by atoms with Gasteiger partial charge in [0.05, 0.1) is 19.8 Å². The minimum absolute atomic E-state index is 0.383. The van der Waals surface area contributed by atoms with E-state index in [1.807, 2.05) is 0 Å². The highest BCUT2D eigenvalue weighted by Gasteiger charge is 2.15. The van der Waals surface area contributed by atoms with Gasteiger partial charge in [0.25, 0.3) is 0 Å². The Morgan fingerprint density at radius 2 is 2.15 bits per heavy atom. The number of rotatable bonds is 5. The number of carbonyl (C=O) groups excluding carboxylic acids is 1. The number of piperidine rings is 1. The molecule has 0 bridgehead atoms. The van der Waals surface area contributed by atoms with Gasteiger partial charge in [0, 0.05) is 6.04 Å². The van der Waals surface area contributed by atoms with Crippen LogP contribution in [0.3, 0.4) is 0 Å². The van der Waals surface area contributed by atoms with Crippen molar-refractivity contribution in [2.45, 2.75) is 25.3 Å². The smallest absolute Gasteiger partial charge is 0.337 e. The Morgan fingerprint density at radius 3 is 2.80 bits per heavy atom. The highest BCUT2D eigenvalue weighted by molar-refractivity contribution is 5.90. The standard InChI is InChI=1S/C15H21NO4/c1-18-14-9-11(15(17)19-2)6-7-13(14)20-10-12-5-3-4-8-16-12/h6-7,9,12,16H,3-5,8,10H2,1-2H3. The molecule has 1 unspecified atom stereocenters. The molecule has 2 rings (SSSR count). The second-order valence-corrected chi connectivity index (χ2v) is 4.82. The molecule has 110 valence electrons. The molecule has 1 N–H and O–H groups in total. The first kappa shape index (κ1) is 14.7. The zero-order chi connectivity index (χ0) is 14.4. The van der Waals surface area contributed by atoms with Crippen LogP contribution in [0.2, 0.25) is 0 Å². The van der Waals surface area contributed by atoms with Gasteiger partial charge >= 0.3 is 5.97 Å². The fourth-order valence-electron chi connectivity index (χ4n) is 2.29. The number of ether oxygens (including phenoxy) is 3. The molecule has 0 aliphatic carbocycles.